The smallest absolute Gasteiger partial charge is 0.260 e. The molecule has 0 fully saturated rings. The summed E-state index contributed by atoms with van der Waals surface area (Å²) in [7, 11) is 0. The first-order valence-electron chi connectivity index (χ1n) is 14.6. The van der Waals surface area contributed by atoms with E-state index in [0.29, 0.717) is 12.3 Å². The minimum atomic E-state index is -0.960. The van der Waals surface area contributed by atoms with Gasteiger partial charge in [0.05, 0.1) is 5.69 Å². The second-order valence-corrected chi connectivity index (χ2v) is 10.7. The fourth-order valence-electron chi connectivity index (χ4n) is 5.86. The number of nitrogens with zero attached hydrogens (tertiary/aromatic N) is 2. The van der Waals surface area contributed by atoms with Gasteiger partial charge in [0.15, 0.2) is 17.6 Å². The normalized spacial score (nSPS) is 18.4. The van der Waals surface area contributed by atoms with E-state index in [1.807, 2.05) is 30.3 Å². The molecule has 0 bridgehead atoms. The van der Waals surface area contributed by atoms with Gasteiger partial charge in [0.2, 0.25) is 6.79 Å². The fourth-order valence-corrected chi connectivity index (χ4v) is 5.86. The molecule has 2 atom stereocenters. The van der Waals surface area contributed by atoms with Gasteiger partial charge in [-0.2, -0.15) is 0 Å². The molecule has 0 aliphatic carbocycles. The number of carbonyl (C=O) groups is 1. The highest BCUT2D eigenvalue weighted by atomic mass is 16.7. The molecule has 7 heteroatoms. The van der Waals surface area contributed by atoms with Crippen molar-refractivity contribution in [2.75, 3.05) is 36.2 Å². The number of unbranched alkanes of at least 4 members (excludes halogenated alkanes) is 4. The molecule has 0 saturated heterocycles. The number of hydrogen-bond acceptors (Lipinski definition) is 6. The van der Waals surface area contributed by atoms with Crippen LogP contribution in [0.15, 0.2) is 60.7 Å². The topological polar surface area (TPSA) is 82.5 Å². The van der Waals surface area contributed by atoms with Crippen molar-refractivity contribution in [3.05, 3.63) is 77.4 Å². The van der Waals surface area contributed by atoms with E-state index in [2.05, 4.69) is 43.0 Å². The lowest BCUT2D eigenvalue weighted by atomic mass is 9.92. The zero-order valence-electron chi connectivity index (χ0n) is 23.5. The summed E-state index contributed by atoms with van der Waals surface area (Å²) in [5, 5.41) is 20.3. The Morgan fingerprint density at radius 1 is 0.800 bits per heavy atom. The summed E-state index contributed by atoms with van der Waals surface area (Å²) >= 11 is 0. The van der Waals surface area contributed by atoms with Crippen LogP contribution in [-0.4, -0.2) is 42.5 Å². The van der Waals surface area contributed by atoms with Gasteiger partial charge in [-0.3, -0.25) is 4.79 Å². The second-order valence-electron chi connectivity index (χ2n) is 10.7. The summed E-state index contributed by atoms with van der Waals surface area (Å²) in [6.45, 7) is 7.26. The predicted octanol–water partition coefficient (Wildman–Crippen LogP) is 6.52. The van der Waals surface area contributed by atoms with Crippen LogP contribution in [0.2, 0.25) is 0 Å². The largest absolute Gasteiger partial charge is 0.508 e. The van der Waals surface area contributed by atoms with Crippen molar-refractivity contribution < 1.29 is 24.5 Å². The van der Waals surface area contributed by atoms with Crippen LogP contribution in [0.4, 0.5) is 11.4 Å². The molecule has 3 aromatic carbocycles. The molecule has 0 spiro atoms. The molecule has 0 aromatic heterocycles. The minimum Gasteiger partial charge on any atom is -0.508 e. The van der Waals surface area contributed by atoms with E-state index >= 15 is 0 Å². The Bertz CT molecular complexity index is 1330. The summed E-state index contributed by atoms with van der Waals surface area (Å²) in [4.78, 5) is 16.0. The molecule has 0 saturated carbocycles. The Morgan fingerprint density at radius 2 is 1.43 bits per heavy atom. The van der Waals surface area contributed by atoms with Gasteiger partial charge in [-0.1, -0.05) is 75.9 Å². The van der Waals surface area contributed by atoms with Gasteiger partial charge in [0.25, 0.3) is 5.91 Å². The Balaban J connectivity index is 0.000000176. The molecule has 3 aliphatic rings. The molecular weight excluding hydrogens is 504 g/mol. The van der Waals surface area contributed by atoms with Gasteiger partial charge in [0, 0.05) is 48.4 Å². The molecule has 212 valence electrons. The maximum Gasteiger partial charge on any atom is 0.260 e. The van der Waals surface area contributed by atoms with Crippen molar-refractivity contribution in [1.82, 2.24) is 0 Å². The quantitative estimate of drug-likeness (QED) is 0.299. The molecule has 3 aromatic rings. The highest BCUT2D eigenvalue weighted by Crippen LogP contribution is 2.47. The van der Waals surface area contributed by atoms with Crippen LogP contribution in [0.1, 0.15) is 81.1 Å². The van der Waals surface area contributed by atoms with Crippen molar-refractivity contribution in [1.29, 1.82) is 0 Å². The number of rotatable bonds is 9. The number of amides is 1. The molecule has 7 nitrogen and oxygen atoms in total. The third-order valence-electron chi connectivity index (χ3n) is 7.99. The number of phenols is 1. The van der Waals surface area contributed by atoms with Crippen LogP contribution < -0.4 is 19.3 Å². The van der Waals surface area contributed by atoms with Crippen molar-refractivity contribution in [3.63, 3.8) is 0 Å². The number of aliphatic hydroxyl groups excluding tert-OH is 1. The lowest BCUT2D eigenvalue weighted by Crippen LogP contribution is -2.29. The van der Waals surface area contributed by atoms with Crippen molar-refractivity contribution in [2.24, 2.45) is 0 Å². The van der Waals surface area contributed by atoms with E-state index in [1.54, 1.807) is 11.0 Å². The van der Waals surface area contributed by atoms with Gasteiger partial charge in [0.1, 0.15) is 5.75 Å². The van der Waals surface area contributed by atoms with Crippen molar-refractivity contribution in [2.45, 2.75) is 64.4 Å². The number of anilines is 2. The Morgan fingerprint density at radius 3 is 2.15 bits per heavy atom. The van der Waals surface area contributed by atoms with Crippen LogP contribution in [0.5, 0.6) is 17.2 Å². The van der Waals surface area contributed by atoms with Crippen LogP contribution >= 0.6 is 0 Å². The highest BCUT2D eigenvalue weighted by molar-refractivity contribution is 6.03. The zero-order chi connectivity index (χ0) is 28.1. The average Bonchev–Trinajstić information content (AvgIpc) is 3.65. The molecule has 3 heterocycles. The number of hydrogen-bond donors (Lipinski definition) is 2. The third-order valence-corrected chi connectivity index (χ3v) is 7.99. The van der Waals surface area contributed by atoms with E-state index in [9.17, 15) is 15.0 Å². The van der Waals surface area contributed by atoms with Crippen LogP contribution in [-0.2, 0) is 4.79 Å². The molecule has 0 radical (unpaired) electrons. The molecule has 2 N–H and O–H groups in total. The molecule has 40 heavy (non-hydrogen) atoms. The number of phenolic OH excluding ortho intramolecular Hbond substituents is 1. The van der Waals surface area contributed by atoms with Gasteiger partial charge in [-0.25, -0.2) is 0 Å². The molecule has 1 amide bonds. The number of benzene rings is 3. The predicted molar refractivity (Wildman–Crippen MR) is 158 cm³/mol. The maximum atomic E-state index is 11.8. The fraction of sp³-hybridized carbons (Fsp3) is 0.424. The number of carbonyl (C=O) groups excluding carboxylic acids is 1. The Labute approximate surface area is 237 Å². The van der Waals surface area contributed by atoms with Gasteiger partial charge < -0.3 is 29.5 Å². The standard InChI is InChI=1S/C20H23NO3.C13H17NO2/c1-2-3-6-9-21-12-16(14-7-4-5-8-17(14)21)15-10-19-20(11-18(15)22)24-13-23-19;1-2-3-6-9-14-11-8-5-4-7-10(11)12(15)13(14)16/h4-5,7-8,10-11,16,22H,2-3,6,9,12-13H2,1H3;4-5,7-8,12,15H,2-3,6,9H2,1H3. The van der Waals surface area contributed by atoms with E-state index in [-0.39, 0.29) is 24.4 Å². The van der Waals surface area contributed by atoms with Gasteiger partial charge >= 0.3 is 0 Å². The number of para-hydroxylation sites is 2. The maximum absolute atomic E-state index is 11.8. The molecule has 6 rings (SSSR count). The highest BCUT2D eigenvalue weighted by Gasteiger charge is 2.35. The van der Waals surface area contributed by atoms with Crippen LogP contribution in [0, 0.1) is 0 Å². The first-order chi connectivity index (χ1) is 19.5. The van der Waals surface area contributed by atoms with Gasteiger partial charge in [-0.15, -0.1) is 0 Å². The summed E-state index contributed by atoms with van der Waals surface area (Å²) in [5.41, 5.74) is 5.10. The molecule has 2 unspecified atom stereocenters. The minimum absolute atomic E-state index is 0.164. The average molecular weight is 545 g/mol. The first kappa shape index (κ1) is 27.8. The second kappa shape index (κ2) is 12.6. The number of aliphatic hydroxyl groups is 1. The summed E-state index contributed by atoms with van der Waals surface area (Å²) in [6, 6.07) is 19.6. The lowest BCUT2D eigenvalue weighted by molar-refractivity contribution is -0.125. The summed E-state index contributed by atoms with van der Waals surface area (Å²) in [6.07, 6.45) is 5.95. The first-order valence-corrected chi connectivity index (χ1v) is 14.6. The molecule has 3 aliphatic heterocycles. The number of aromatic hydroxyl groups is 1. The number of fused-ring (bicyclic) bond motifs is 3. The van der Waals surface area contributed by atoms with Gasteiger partial charge in [-0.05, 0) is 36.6 Å². The third kappa shape index (κ3) is 5.61. The SMILES string of the molecule is CCCCCN1C(=O)C(O)c2ccccc21.CCCCCN1CC(c2cc3c(cc2O)OCO3)c2ccccc21. The Kier molecular flexibility index (Phi) is 8.80. The van der Waals surface area contributed by atoms with Crippen LogP contribution in [0.25, 0.3) is 0 Å². The summed E-state index contributed by atoms with van der Waals surface area (Å²) < 4.78 is 10.9. The number of ether oxygens (including phenoxy) is 2. The van der Waals surface area contributed by atoms with E-state index in [4.69, 9.17) is 9.47 Å². The van der Waals surface area contributed by atoms with E-state index in [1.165, 1.54) is 30.5 Å². The lowest BCUT2D eigenvalue weighted by Gasteiger charge is -2.20. The van der Waals surface area contributed by atoms with Crippen LogP contribution in [0.3, 0.4) is 0 Å². The summed E-state index contributed by atoms with van der Waals surface area (Å²) in [5.74, 6) is 1.62. The van der Waals surface area contributed by atoms with E-state index < -0.39 is 6.10 Å². The Hall–Kier alpha value is -3.71. The van der Waals surface area contributed by atoms with Crippen molar-refractivity contribution >= 4 is 17.3 Å². The monoisotopic (exact) mass is 544 g/mol. The van der Waals surface area contributed by atoms with E-state index in [0.717, 1.165) is 54.9 Å². The molecular formula is C33H40N2O5. The zero-order valence-corrected chi connectivity index (χ0v) is 23.5. The van der Waals surface area contributed by atoms with Crippen molar-refractivity contribution in [3.8, 4) is 17.2 Å².